The lowest BCUT2D eigenvalue weighted by molar-refractivity contribution is 0.217. The van der Waals surface area contributed by atoms with Gasteiger partial charge in [-0.15, -0.1) is 0 Å². The number of ether oxygens (including phenoxy) is 2. The molecule has 1 aromatic rings. The summed E-state index contributed by atoms with van der Waals surface area (Å²) in [5.74, 6) is 0.899. The van der Waals surface area contributed by atoms with E-state index in [1.54, 1.807) is 0 Å². The maximum Gasteiger partial charge on any atom is 0.152 e. The summed E-state index contributed by atoms with van der Waals surface area (Å²) in [7, 11) is -1.55. The lowest BCUT2D eigenvalue weighted by Crippen LogP contribution is -2.16. The van der Waals surface area contributed by atoms with Gasteiger partial charge in [0.05, 0.1) is 24.7 Å². The van der Waals surface area contributed by atoms with Crippen LogP contribution in [0.2, 0.25) is 0 Å². The van der Waals surface area contributed by atoms with Crippen molar-refractivity contribution in [3.63, 3.8) is 0 Å². The summed E-state index contributed by atoms with van der Waals surface area (Å²) < 4.78 is 33.4. The van der Waals surface area contributed by atoms with Crippen LogP contribution < -0.4 is 10.5 Å². The molecule has 0 bridgehead atoms. The predicted molar refractivity (Wildman–Crippen MR) is 75.0 cm³/mol. The fraction of sp³-hybridized carbons (Fsp3) is 0.538. The summed E-state index contributed by atoms with van der Waals surface area (Å²) in [4.78, 5) is 0. The van der Waals surface area contributed by atoms with Gasteiger partial charge < -0.3 is 15.2 Å². The van der Waals surface area contributed by atoms with Gasteiger partial charge in [-0.25, -0.2) is 8.42 Å². The number of hydrogen-bond acceptors (Lipinski definition) is 5. The first-order valence-corrected chi connectivity index (χ1v) is 8.00. The first-order chi connectivity index (χ1) is 9.07. The molecule has 0 aliphatic heterocycles. The Bertz CT molecular complexity index is 473. The summed E-state index contributed by atoms with van der Waals surface area (Å²) in [5.41, 5.74) is 6.52. The molecule has 0 aliphatic carbocycles. The van der Waals surface area contributed by atoms with E-state index in [-0.39, 0.29) is 18.1 Å². The highest BCUT2D eigenvalue weighted by atomic mass is 32.2. The maximum absolute atomic E-state index is 11.5. The maximum atomic E-state index is 11.5. The number of benzene rings is 1. The first-order valence-electron chi connectivity index (χ1n) is 6.18. The van der Waals surface area contributed by atoms with Crippen LogP contribution >= 0.6 is 0 Å². The van der Waals surface area contributed by atoms with Crippen LogP contribution in [0.15, 0.2) is 24.3 Å². The molecule has 0 heterocycles. The summed E-state index contributed by atoms with van der Waals surface area (Å²) in [5, 5.41) is 0. The molecule has 0 amide bonds. The predicted octanol–water partition coefficient (Wildman–Crippen LogP) is 0.975. The zero-order valence-electron chi connectivity index (χ0n) is 11.2. The van der Waals surface area contributed by atoms with Gasteiger partial charge in [-0.1, -0.05) is 12.1 Å². The van der Waals surface area contributed by atoms with Crippen LogP contribution in [0.5, 0.6) is 5.75 Å². The van der Waals surface area contributed by atoms with E-state index < -0.39 is 9.84 Å². The van der Waals surface area contributed by atoms with Crippen molar-refractivity contribution >= 4 is 9.84 Å². The monoisotopic (exact) mass is 287 g/mol. The summed E-state index contributed by atoms with van der Waals surface area (Å²) in [6.07, 6.45) is 0.471. The van der Waals surface area contributed by atoms with Crippen molar-refractivity contribution in [1.82, 2.24) is 0 Å². The minimum atomic E-state index is -3.04. The highest BCUT2D eigenvalue weighted by Crippen LogP contribution is 2.13. The van der Waals surface area contributed by atoms with E-state index in [0.29, 0.717) is 19.6 Å². The largest absolute Gasteiger partial charge is 0.494 e. The van der Waals surface area contributed by atoms with Crippen molar-refractivity contribution in [3.8, 4) is 5.75 Å². The van der Waals surface area contributed by atoms with Crippen LogP contribution in [0.3, 0.4) is 0 Å². The quantitative estimate of drug-likeness (QED) is 0.685. The van der Waals surface area contributed by atoms with Crippen LogP contribution in [-0.4, -0.2) is 40.2 Å². The van der Waals surface area contributed by atoms with E-state index in [2.05, 4.69) is 0 Å². The van der Waals surface area contributed by atoms with Crippen molar-refractivity contribution in [2.45, 2.75) is 13.0 Å². The zero-order valence-corrected chi connectivity index (χ0v) is 12.0. The number of hydrogen-bond donors (Lipinski definition) is 1. The number of rotatable bonds is 9. The van der Waals surface area contributed by atoms with Gasteiger partial charge in [-0.2, -0.15) is 0 Å². The minimum Gasteiger partial charge on any atom is -0.494 e. The minimum absolute atomic E-state index is 0.0617. The smallest absolute Gasteiger partial charge is 0.152 e. The highest BCUT2D eigenvalue weighted by molar-refractivity contribution is 7.91. The third kappa shape index (κ3) is 6.56. The fourth-order valence-electron chi connectivity index (χ4n) is 1.54. The Kier molecular flexibility index (Phi) is 6.83. The second-order valence-electron chi connectivity index (χ2n) is 4.20. The molecule has 0 unspecified atom stereocenters. The Labute approximate surface area is 114 Å². The van der Waals surface area contributed by atoms with Crippen LogP contribution in [0.25, 0.3) is 0 Å². The topological polar surface area (TPSA) is 78.6 Å². The van der Waals surface area contributed by atoms with Gasteiger partial charge in [0.25, 0.3) is 0 Å². The van der Waals surface area contributed by atoms with Gasteiger partial charge in [0.1, 0.15) is 5.75 Å². The lowest BCUT2D eigenvalue weighted by Gasteiger charge is -2.08. The molecule has 5 nitrogen and oxygen atoms in total. The molecule has 0 spiro atoms. The molecule has 6 heteroatoms. The second kappa shape index (κ2) is 8.14. The van der Waals surface area contributed by atoms with Crippen molar-refractivity contribution in [3.05, 3.63) is 29.8 Å². The average Bonchev–Trinajstić information content (AvgIpc) is 2.42. The number of methoxy groups -OCH3 is 1. The van der Waals surface area contributed by atoms with E-state index in [1.165, 1.54) is 7.11 Å². The Morgan fingerprint density at radius 3 is 2.68 bits per heavy atom. The summed E-state index contributed by atoms with van der Waals surface area (Å²) >= 11 is 0. The molecule has 0 fully saturated rings. The fourth-order valence-corrected chi connectivity index (χ4v) is 2.73. The summed E-state index contributed by atoms with van der Waals surface area (Å²) in [6.45, 7) is 1.07. The molecule has 2 N–H and O–H groups in total. The molecular formula is C13H21NO4S. The normalized spacial score (nSPS) is 11.5. The molecule has 0 aromatic heterocycles. The van der Waals surface area contributed by atoms with Crippen LogP contribution in [0, 0.1) is 0 Å². The van der Waals surface area contributed by atoms with Crippen LogP contribution in [0.4, 0.5) is 0 Å². The van der Waals surface area contributed by atoms with E-state index in [0.717, 1.165) is 11.3 Å². The number of nitrogens with two attached hydrogens (primary N) is 1. The highest BCUT2D eigenvalue weighted by Gasteiger charge is 2.09. The van der Waals surface area contributed by atoms with Gasteiger partial charge in [-0.3, -0.25) is 0 Å². The van der Waals surface area contributed by atoms with Crippen LogP contribution in [-0.2, 0) is 21.1 Å². The molecule has 0 radical (unpaired) electrons. The average molecular weight is 287 g/mol. The molecule has 108 valence electrons. The Hall–Kier alpha value is -1.11. The zero-order chi connectivity index (χ0) is 14.1. The summed E-state index contributed by atoms with van der Waals surface area (Å²) in [6, 6.07) is 7.48. The Balaban J connectivity index is 2.30. The SMILES string of the molecule is COCCS(=O)(=O)CCCOc1cccc(CN)c1. The van der Waals surface area contributed by atoms with Crippen molar-refractivity contribution in [2.75, 3.05) is 31.8 Å². The molecule has 19 heavy (non-hydrogen) atoms. The molecule has 0 atom stereocenters. The van der Waals surface area contributed by atoms with Gasteiger partial charge in [0.2, 0.25) is 0 Å². The Morgan fingerprint density at radius 2 is 2.00 bits per heavy atom. The van der Waals surface area contributed by atoms with Gasteiger partial charge in [0.15, 0.2) is 9.84 Å². The third-order valence-corrected chi connectivity index (χ3v) is 4.30. The molecule has 1 aromatic carbocycles. The van der Waals surface area contributed by atoms with Crippen molar-refractivity contribution < 1.29 is 17.9 Å². The van der Waals surface area contributed by atoms with Gasteiger partial charge >= 0.3 is 0 Å². The van der Waals surface area contributed by atoms with Gasteiger partial charge in [-0.05, 0) is 24.1 Å². The van der Waals surface area contributed by atoms with E-state index in [4.69, 9.17) is 15.2 Å². The lowest BCUT2D eigenvalue weighted by atomic mass is 10.2. The van der Waals surface area contributed by atoms with Crippen molar-refractivity contribution in [2.24, 2.45) is 5.73 Å². The van der Waals surface area contributed by atoms with Crippen molar-refractivity contribution in [1.29, 1.82) is 0 Å². The molecule has 1 rings (SSSR count). The standard InChI is InChI=1S/C13H21NO4S/c1-17-7-9-19(15,16)8-3-6-18-13-5-2-4-12(10-13)11-14/h2,4-5,10H,3,6-9,11,14H2,1H3. The van der Waals surface area contributed by atoms with E-state index >= 15 is 0 Å². The first kappa shape index (κ1) is 15.9. The van der Waals surface area contributed by atoms with E-state index in [1.807, 2.05) is 24.3 Å². The number of sulfone groups is 1. The Morgan fingerprint density at radius 1 is 1.21 bits per heavy atom. The second-order valence-corrected chi connectivity index (χ2v) is 6.50. The molecule has 0 saturated carbocycles. The third-order valence-electron chi connectivity index (χ3n) is 2.60. The van der Waals surface area contributed by atoms with Gasteiger partial charge in [0, 0.05) is 13.7 Å². The van der Waals surface area contributed by atoms with E-state index in [9.17, 15) is 8.42 Å². The van der Waals surface area contributed by atoms with Crippen LogP contribution in [0.1, 0.15) is 12.0 Å². The molecule has 0 aliphatic rings. The molecular weight excluding hydrogens is 266 g/mol. The molecule has 0 saturated heterocycles.